The van der Waals surface area contributed by atoms with Gasteiger partial charge < -0.3 is 25.6 Å². The summed E-state index contributed by atoms with van der Waals surface area (Å²) < 4.78 is 5.96. The first-order chi connectivity index (χ1) is 9.51. The first-order valence-corrected chi connectivity index (χ1v) is 7.94. The van der Waals surface area contributed by atoms with Crippen LogP contribution in [0.1, 0.15) is 40.0 Å². The van der Waals surface area contributed by atoms with Crippen LogP contribution >= 0.6 is 0 Å². The van der Waals surface area contributed by atoms with E-state index in [1.807, 2.05) is 6.92 Å². The average Bonchev–Trinajstić information content (AvgIpc) is 3.02. The van der Waals surface area contributed by atoms with Gasteiger partial charge in [0, 0.05) is 18.1 Å². The van der Waals surface area contributed by atoms with Gasteiger partial charge in [0.15, 0.2) is 0 Å². The number of hydrogen-bond donors (Lipinski definition) is 4. The van der Waals surface area contributed by atoms with Crippen LogP contribution in [-0.4, -0.2) is 59.8 Å². The summed E-state index contributed by atoms with van der Waals surface area (Å²) in [4.78, 5) is 0. The van der Waals surface area contributed by atoms with Crippen molar-refractivity contribution in [2.75, 3.05) is 13.2 Å². The Balaban J connectivity index is 1.70. The van der Waals surface area contributed by atoms with E-state index >= 15 is 0 Å². The summed E-state index contributed by atoms with van der Waals surface area (Å²) in [5, 5.41) is 25.8. The lowest BCUT2D eigenvalue weighted by Crippen LogP contribution is -2.42. The maximum atomic E-state index is 9.79. The largest absolute Gasteiger partial charge is 0.395 e. The minimum Gasteiger partial charge on any atom is -0.395 e. The van der Waals surface area contributed by atoms with Crippen molar-refractivity contribution in [1.29, 1.82) is 0 Å². The molecule has 0 amide bonds. The predicted octanol–water partition coefficient (Wildman–Crippen LogP) is 0.252. The van der Waals surface area contributed by atoms with E-state index in [2.05, 4.69) is 24.5 Å². The topological polar surface area (TPSA) is 73.8 Å². The van der Waals surface area contributed by atoms with Gasteiger partial charge in [-0.3, -0.25) is 0 Å². The molecule has 2 saturated heterocycles. The number of aliphatic hydroxyl groups is 2. The summed E-state index contributed by atoms with van der Waals surface area (Å²) in [6, 6.07) is 0.986. The highest BCUT2D eigenvalue weighted by molar-refractivity contribution is 4.93. The molecule has 6 atom stereocenters. The molecule has 118 valence electrons. The second-order valence-electron chi connectivity index (χ2n) is 6.70. The summed E-state index contributed by atoms with van der Waals surface area (Å²) in [7, 11) is 0. The Kier molecular flexibility index (Phi) is 5.81. The van der Waals surface area contributed by atoms with Crippen molar-refractivity contribution < 1.29 is 14.9 Å². The Labute approximate surface area is 122 Å². The highest BCUT2D eigenvalue weighted by Gasteiger charge is 2.35. The molecule has 0 radical (unpaired) electrons. The molecule has 0 bridgehead atoms. The summed E-state index contributed by atoms with van der Waals surface area (Å²) in [6.07, 6.45) is 2.65. The van der Waals surface area contributed by atoms with Crippen molar-refractivity contribution in [1.82, 2.24) is 10.6 Å². The minimum atomic E-state index is -0.467. The normalized spacial score (nSPS) is 39.6. The van der Waals surface area contributed by atoms with Crippen LogP contribution in [-0.2, 0) is 4.74 Å². The molecule has 0 aromatic rings. The van der Waals surface area contributed by atoms with E-state index in [0.29, 0.717) is 24.4 Å². The Hall–Kier alpha value is -0.200. The Morgan fingerprint density at radius 1 is 1.15 bits per heavy atom. The number of hydrogen-bond acceptors (Lipinski definition) is 5. The first-order valence-electron chi connectivity index (χ1n) is 7.94. The fraction of sp³-hybridized carbons (Fsp3) is 1.00. The van der Waals surface area contributed by atoms with E-state index < -0.39 is 6.10 Å². The van der Waals surface area contributed by atoms with E-state index in [1.165, 1.54) is 12.8 Å². The lowest BCUT2D eigenvalue weighted by atomic mass is 10.0. The van der Waals surface area contributed by atoms with Gasteiger partial charge in [0.1, 0.15) is 0 Å². The maximum absolute atomic E-state index is 9.79. The minimum absolute atomic E-state index is 0.0232. The summed E-state index contributed by atoms with van der Waals surface area (Å²) in [6.45, 7) is 7.25. The molecule has 2 aliphatic heterocycles. The lowest BCUT2D eigenvalue weighted by molar-refractivity contribution is 0.0286. The SMILES string of the molecule is CC(C)[C@H]1CC[C@@H](COC(C)[C@H]2C[C@H](O)[C@@H](CO)N2)N1. The molecule has 0 aromatic heterocycles. The van der Waals surface area contributed by atoms with E-state index in [-0.39, 0.29) is 24.8 Å². The van der Waals surface area contributed by atoms with Crippen molar-refractivity contribution >= 4 is 0 Å². The summed E-state index contributed by atoms with van der Waals surface area (Å²) >= 11 is 0. The van der Waals surface area contributed by atoms with Crippen LogP contribution in [0.5, 0.6) is 0 Å². The van der Waals surface area contributed by atoms with E-state index in [9.17, 15) is 5.11 Å². The molecular weight excluding hydrogens is 256 g/mol. The molecule has 5 nitrogen and oxygen atoms in total. The molecule has 0 saturated carbocycles. The van der Waals surface area contributed by atoms with Gasteiger partial charge in [0.05, 0.1) is 31.5 Å². The molecule has 0 spiro atoms. The molecule has 2 aliphatic rings. The standard InChI is InChI=1S/C15H30N2O3/c1-9(2)12-5-4-11(16-12)8-20-10(3)13-6-15(19)14(7-18)17-13/h9-19H,4-8H2,1-3H3/t10?,11-,12+,13+,14+,15-/m0/s1. The molecule has 20 heavy (non-hydrogen) atoms. The number of ether oxygens (including phenoxy) is 1. The first kappa shape index (κ1) is 16.2. The van der Waals surface area contributed by atoms with Gasteiger partial charge in [0.25, 0.3) is 0 Å². The van der Waals surface area contributed by atoms with Crippen LogP contribution in [0.25, 0.3) is 0 Å². The van der Waals surface area contributed by atoms with Gasteiger partial charge in [-0.05, 0) is 32.1 Å². The number of rotatable bonds is 6. The van der Waals surface area contributed by atoms with Crippen LogP contribution in [0.3, 0.4) is 0 Å². The Morgan fingerprint density at radius 2 is 1.90 bits per heavy atom. The predicted molar refractivity (Wildman–Crippen MR) is 78.6 cm³/mol. The van der Waals surface area contributed by atoms with Gasteiger partial charge in [-0.15, -0.1) is 0 Å². The van der Waals surface area contributed by atoms with E-state index in [0.717, 1.165) is 6.61 Å². The highest BCUT2D eigenvalue weighted by atomic mass is 16.5. The van der Waals surface area contributed by atoms with Crippen molar-refractivity contribution in [2.45, 2.75) is 76.4 Å². The van der Waals surface area contributed by atoms with E-state index in [4.69, 9.17) is 9.84 Å². The third-order valence-electron chi connectivity index (χ3n) is 4.79. The zero-order chi connectivity index (χ0) is 14.7. The number of aliphatic hydroxyl groups excluding tert-OH is 2. The third kappa shape index (κ3) is 3.92. The van der Waals surface area contributed by atoms with Crippen molar-refractivity contribution in [3.63, 3.8) is 0 Å². The van der Waals surface area contributed by atoms with Crippen molar-refractivity contribution in [3.05, 3.63) is 0 Å². The van der Waals surface area contributed by atoms with E-state index in [1.54, 1.807) is 0 Å². The molecule has 4 N–H and O–H groups in total. The monoisotopic (exact) mass is 286 g/mol. The zero-order valence-corrected chi connectivity index (χ0v) is 12.9. The molecule has 0 aromatic carbocycles. The molecule has 2 rings (SSSR count). The fourth-order valence-corrected chi connectivity index (χ4v) is 3.27. The van der Waals surface area contributed by atoms with Gasteiger partial charge in [-0.2, -0.15) is 0 Å². The Morgan fingerprint density at radius 3 is 2.45 bits per heavy atom. The zero-order valence-electron chi connectivity index (χ0n) is 12.9. The molecule has 5 heteroatoms. The molecule has 1 unspecified atom stereocenters. The van der Waals surface area contributed by atoms with Crippen LogP contribution in [0, 0.1) is 5.92 Å². The van der Waals surface area contributed by atoms with Crippen LogP contribution in [0.4, 0.5) is 0 Å². The summed E-state index contributed by atoms with van der Waals surface area (Å²) in [5.74, 6) is 0.675. The van der Waals surface area contributed by atoms with Gasteiger partial charge >= 0.3 is 0 Å². The molecule has 0 aliphatic carbocycles. The van der Waals surface area contributed by atoms with Crippen molar-refractivity contribution in [2.24, 2.45) is 5.92 Å². The van der Waals surface area contributed by atoms with Gasteiger partial charge in [0.2, 0.25) is 0 Å². The van der Waals surface area contributed by atoms with Crippen LogP contribution in [0.15, 0.2) is 0 Å². The second-order valence-corrected chi connectivity index (χ2v) is 6.70. The highest BCUT2D eigenvalue weighted by Crippen LogP contribution is 2.21. The van der Waals surface area contributed by atoms with Gasteiger partial charge in [-0.1, -0.05) is 13.8 Å². The summed E-state index contributed by atoms with van der Waals surface area (Å²) in [5.41, 5.74) is 0. The quantitative estimate of drug-likeness (QED) is 0.563. The van der Waals surface area contributed by atoms with Crippen molar-refractivity contribution in [3.8, 4) is 0 Å². The smallest absolute Gasteiger partial charge is 0.0731 e. The van der Waals surface area contributed by atoms with Crippen LogP contribution in [0.2, 0.25) is 0 Å². The lowest BCUT2D eigenvalue weighted by Gasteiger charge is -2.23. The van der Waals surface area contributed by atoms with Crippen LogP contribution < -0.4 is 10.6 Å². The third-order valence-corrected chi connectivity index (χ3v) is 4.79. The maximum Gasteiger partial charge on any atom is 0.0731 e. The Bertz CT molecular complexity index is 301. The molecule has 2 fully saturated rings. The molecular formula is C15H30N2O3. The second kappa shape index (κ2) is 7.18. The fourth-order valence-electron chi connectivity index (χ4n) is 3.27. The average molecular weight is 286 g/mol. The van der Waals surface area contributed by atoms with Gasteiger partial charge in [-0.25, -0.2) is 0 Å². The number of nitrogens with one attached hydrogen (secondary N) is 2. The molecule has 2 heterocycles.